The number of rotatable bonds is 56. The second-order valence-corrected chi connectivity index (χ2v) is 23.6. The van der Waals surface area contributed by atoms with Gasteiger partial charge in [-0.25, -0.2) is 4.57 Å². The van der Waals surface area contributed by atoms with Gasteiger partial charge in [0.25, 0.3) is 0 Å². The molecule has 0 heterocycles. The minimum Gasteiger partial charge on any atom is -0.456 e. The van der Waals surface area contributed by atoms with E-state index in [2.05, 4.69) is 148 Å². The number of ether oxygens (including phenoxy) is 1. The Hall–Kier alpha value is -4.11. The van der Waals surface area contributed by atoms with E-state index in [4.69, 9.17) is 13.8 Å². The molecule has 0 aromatic rings. The van der Waals surface area contributed by atoms with Crippen molar-refractivity contribution in [3.05, 3.63) is 146 Å². The Morgan fingerprint density at radius 3 is 1.21 bits per heavy atom. The van der Waals surface area contributed by atoms with Gasteiger partial charge in [-0.2, -0.15) is 0 Å². The first-order valence-corrected chi connectivity index (χ1v) is 33.7. The number of likely N-dealkylation sites (N-methyl/N-ethyl adjacent to an activating group) is 1. The van der Waals surface area contributed by atoms with Crippen LogP contribution in [0.2, 0.25) is 0 Å². The highest BCUT2D eigenvalue weighted by Crippen LogP contribution is 2.43. The molecule has 0 fully saturated rings. The van der Waals surface area contributed by atoms with E-state index in [-0.39, 0.29) is 37.9 Å². The van der Waals surface area contributed by atoms with Gasteiger partial charge in [0, 0.05) is 12.8 Å². The third-order valence-electron chi connectivity index (χ3n) is 13.3. The number of quaternary nitrogens is 1. The van der Waals surface area contributed by atoms with Gasteiger partial charge in [0.15, 0.2) is 0 Å². The molecule has 0 aliphatic rings. The van der Waals surface area contributed by atoms with Crippen molar-refractivity contribution in [3.8, 4) is 0 Å². The summed E-state index contributed by atoms with van der Waals surface area (Å²) in [7, 11) is 1.42. The van der Waals surface area contributed by atoms with Crippen LogP contribution in [0.1, 0.15) is 239 Å². The van der Waals surface area contributed by atoms with E-state index in [1.54, 1.807) is 0 Å². The summed E-state index contributed by atoms with van der Waals surface area (Å²) in [5, 5.41) is 3.00. The molecule has 3 atom stereocenters. The number of amides is 1. The van der Waals surface area contributed by atoms with Crippen LogP contribution in [-0.4, -0.2) is 74.3 Å². The molecule has 0 aliphatic heterocycles. The van der Waals surface area contributed by atoms with E-state index in [1.807, 2.05) is 45.4 Å². The van der Waals surface area contributed by atoms with Crippen LogP contribution in [0.25, 0.3) is 0 Å². The fourth-order valence-electron chi connectivity index (χ4n) is 8.40. The number of carbonyl (C=O) groups is 2. The zero-order chi connectivity index (χ0) is 59.3. The van der Waals surface area contributed by atoms with Crippen LogP contribution >= 0.6 is 7.82 Å². The first kappa shape index (κ1) is 76.9. The number of hydrogen-bond acceptors (Lipinski definition) is 6. The summed E-state index contributed by atoms with van der Waals surface area (Å²) < 4.78 is 30.6. The maximum atomic E-state index is 13.5. The van der Waals surface area contributed by atoms with E-state index in [0.717, 1.165) is 116 Å². The highest BCUT2D eigenvalue weighted by Gasteiger charge is 2.30. The first-order valence-electron chi connectivity index (χ1n) is 32.2. The molecule has 460 valence electrons. The van der Waals surface area contributed by atoms with E-state index in [9.17, 15) is 19.0 Å². The molecule has 0 saturated carbocycles. The number of phosphoric acid groups is 1. The Kier molecular flexibility index (Phi) is 56.1. The van der Waals surface area contributed by atoms with Crippen LogP contribution in [0.5, 0.6) is 0 Å². The fourth-order valence-corrected chi connectivity index (χ4v) is 9.14. The Balaban J connectivity index is 5.24. The Labute approximate surface area is 498 Å². The van der Waals surface area contributed by atoms with Gasteiger partial charge in [0.1, 0.15) is 19.3 Å². The molecule has 10 heteroatoms. The van der Waals surface area contributed by atoms with Crippen LogP contribution < -0.4 is 5.32 Å². The zero-order valence-electron chi connectivity index (χ0n) is 52.5. The minimum atomic E-state index is -4.48. The van der Waals surface area contributed by atoms with E-state index in [1.165, 1.54) is 77.0 Å². The Morgan fingerprint density at radius 2 is 0.802 bits per heavy atom. The number of esters is 1. The van der Waals surface area contributed by atoms with Gasteiger partial charge in [0.2, 0.25) is 5.91 Å². The summed E-state index contributed by atoms with van der Waals surface area (Å²) in [6.07, 6.45) is 85.9. The van der Waals surface area contributed by atoms with Crippen LogP contribution in [0.15, 0.2) is 146 Å². The second kappa shape index (κ2) is 59.1. The number of phosphoric ester groups is 1. The lowest BCUT2D eigenvalue weighted by Gasteiger charge is -2.27. The normalized spacial score (nSPS) is 14.6. The van der Waals surface area contributed by atoms with Crippen LogP contribution in [0.3, 0.4) is 0 Å². The van der Waals surface area contributed by atoms with Crippen molar-refractivity contribution in [1.29, 1.82) is 0 Å². The maximum absolute atomic E-state index is 13.5. The summed E-state index contributed by atoms with van der Waals surface area (Å²) in [5.41, 5.74) is 0. The second-order valence-electron chi connectivity index (χ2n) is 22.2. The monoisotopic (exact) mass is 1140 g/mol. The molecule has 1 amide bonds. The molecule has 0 aromatic carbocycles. The van der Waals surface area contributed by atoms with Crippen molar-refractivity contribution in [2.24, 2.45) is 0 Å². The lowest BCUT2D eigenvalue weighted by molar-refractivity contribution is -0.870. The molecule has 0 aromatic heterocycles. The van der Waals surface area contributed by atoms with Gasteiger partial charge in [-0.3, -0.25) is 18.6 Å². The maximum Gasteiger partial charge on any atom is 0.472 e. The number of allylic oxidation sites excluding steroid dienone is 23. The molecule has 0 rings (SSSR count). The summed E-state index contributed by atoms with van der Waals surface area (Å²) in [4.78, 5) is 37.7. The predicted molar refractivity (Wildman–Crippen MR) is 350 cm³/mol. The lowest BCUT2D eigenvalue weighted by atomic mass is 10.0. The molecule has 0 bridgehead atoms. The number of nitrogens with zero attached hydrogens (tertiary/aromatic N) is 1. The number of nitrogens with one attached hydrogen (secondary N) is 1. The largest absolute Gasteiger partial charge is 0.472 e. The molecule has 2 N–H and O–H groups in total. The van der Waals surface area contributed by atoms with Gasteiger partial charge in [-0.1, -0.05) is 257 Å². The molecule has 9 nitrogen and oxygen atoms in total. The average Bonchev–Trinajstić information content (AvgIpc) is 3.44. The van der Waals surface area contributed by atoms with Crippen LogP contribution in [0.4, 0.5) is 0 Å². The molecule has 0 saturated heterocycles. The lowest BCUT2D eigenvalue weighted by Crippen LogP contribution is -2.47. The predicted octanol–water partition coefficient (Wildman–Crippen LogP) is 20.2. The van der Waals surface area contributed by atoms with E-state index in [0.29, 0.717) is 23.9 Å². The van der Waals surface area contributed by atoms with Crippen LogP contribution in [-0.2, 0) is 27.9 Å². The molecular formula is C71H120N2O7P+. The molecule has 0 spiro atoms. The molecule has 81 heavy (non-hydrogen) atoms. The first-order chi connectivity index (χ1) is 39.4. The van der Waals surface area contributed by atoms with Crippen molar-refractivity contribution in [1.82, 2.24) is 5.32 Å². The summed E-state index contributed by atoms with van der Waals surface area (Å²) in [5.74, 6) is -0.622. The number of hydrogen-bond donors (Lipinski definition) is 2. The highest BCUT2D eigenvalue weighted by atomic mass is 31.2. The highest BCUT2D eigenvalue weighted by molar-refractivity contribution is 7.47. The van der Waals surface area contributed by atoms with E-state index < -0.39 is 20.0 Å². The van der Waals surface area contributed by atoms with Gasteiger partial charge in [-0.05, 0) is 115 Å². The van der Waals surface area contributed by atoms with Crippen molar-refractivity contribution < 1.29 is 37.3 Å². The van der Waals surface area contributed by atoms with Gasteiger partial charge < -0.3 is 19.4 Å². The minimum absolute atomic E-state index is 0.0177. The third kappa shape index (κ3) is 60.3. The third-order valence-corrected chi connectivity index (χ3v) is 14.3. The topological polar surface area (TPSA) is 111 Å². The number of unbranched alkanes of at least 4 members (excludes halogenated alkanes) is 18. The van der Waals surface area contributed by atoms with Crippen LogP contribution in [0, 0.1) is 0 Å². The smallest absolute Gasteiger partial charge is 0.456 e. The number of carbonyl (C=O) groups excluding carboxylic acids is 2. The molecule has 3 unspecified atom stereocenters. The summed E-state index contributed by atoms with van der Waals surface area (Å²) in [6.45, 7) is 6.70. The molecule has 0 radical (unpaired) electrons. The summed E-state index contributed by atoms with van der Waals surface area (Å²) in [6, 6.07) is -0.902. The Bertz CT molecular complexity index is 1890. The fraction of sp³-hybridized carbons (Fsp3) is 0.634. The van der Waals surface area contributed by atoms with Gasteiger partial charge >= 0.3 is 13.8 Å². The van der Waals surface area contributed by atoms with Crippen molar-refractivity contribution in [2.45, 2.75) is 251 Å². The van der Waals surface area contributed by atoms with Gasteiger partial charge in [-0.15, -0.1) is 0 Å². The van der Waals surface area contributed by atoms with E-state index >= 15 is 0 Å². The molecule has 0 aliphatic carbocycles. The molecular weight excluding hydrogens is 1020 g/mol. The average molecular weight is 1140 g/mol. The SMILES string of the molecule is CC/C=C\C/C=C\C/C=C\C/C=C\C/C=C\C/C=C\CCCCCCCCCCC(=O)OC(/C=C\CCCCCCCCCCCC)C(COP(=O)(O)OCC[N+](C)(C)C)NC(=O)CC/C=C/C/C=C/C/C=C/C/C=C/C/C=C/CC. The standard InChI is InChI=1S/C71H119N2O7P/c1-7-10-13-16-19-22-25-28-30-32-33-34-35-36-37-38-39-40-41-42-44-46-49-52-55-58-61-64-71(75)80-69(62-59-56-53-50-47-27-24-21-18-15-12-9-3)68(67-79-81(76,77)78-66-65-73(4,5)6)72-70(74)63-60-57-54-51-48-45-43-31-29-26-23-20-17-14-11-8-2/h10-11,13-14,19-20,22-23,28-31,33-34,36-37,39-40,45,48,54,57,59,62,68-69H,7-9,12,15-18,21,24-27,32,35,38,41-44,46-47,49-53,55-56,58,60-61,63-67H2,1-6H3,(H-,72,74,76,77)/p+1/b13-10-,14-11+,22-19-,23-20+,30-28-,31-29+,34-33-,37-36-,40-39-,48-45+,57-54+,62-59-. The summed E-state index contributed by atoms with van der Waals surface area (Å²) >= 11 is 0. The zero-order valence-corrected chi connectivity index (χ0v) is 53.4. The quantitative estimate of drug-likeness (QED) is 0.0205. The van der Waals surface area contributed by atoms with Gasteiger partial charge in [0.05, 0.1) is 33.8 Å². The van der Waals surface area contributed by atoms with Crippen molar-refractivity contribution in [3.63, 3.8) is 0 Å². The van der Waals surface area contributed by atoms with Crippen molar-refractivity contribution >= 4 is 19.7 Å². The van der Waals surface area contributed by atoms with Crippen molar-refractivity contribution in [2.75, 3.05) is 40.9 Å². The Morgan fingerprint density at radius 1 is 0.444 bits per heavy atom.